The summed E-state index contributed by atoms with van der Waals surface area (Å²) in [4.78, 5) is 10.4. The Morgan fingerprint density at radius 1 is 1.57 bits per heavy atom. The Bertz CT molecular complexity index is 349. The van der Waals surface area contributed by atoms with Crippen LogP contribution < -0.4 is 0 Å². The molecule has 0 aliphatic heterocycles. The lowest BCUT2D eigenvalue weighted by molar-refractivity contribution is -0.108. The number of carbonyl (C=O) groups excluding carboxylic acids is 1. The lowest BCUT2D eigenvalue weighted by Crippen LogP contribution is -1.98. The van der Waals surface area contributed by atoms with Crippen molar-refractivity contribution < 1.29 is 9.18 Å². The smallest absolute Gasteiger partial charge is 0.137 e. The first-order chi connectivity index (χ1) is 6.56. The van der Waals surface area contributed by atoms with Crippen molar-refractivity contribution in [1.82, 2.24) is 0 Å². The maximum atomic E-state index is 13.3. The van der Waals surface area contributed by atoms with Gasteiger partial charge in [0.05, 0.1) is 4.47 Å². The molecule has 1 aromatic carbocycles. The number of halogens is 2. The normalized spacial score (nSPS) is 12.6. The summed E-state index contributed by atoms with van der Waals surface area (Å²) in [6.07, 6.45) is 1.28. The van der Waals surface area contributed by atoms with E-state index >= 15 is 0 Å². The highest BCUT2D eigenvalue weighted by Gasteiger charge is 2.12. The first kappa shape index (κ1) is 11.4. The molecule has 0 N–H and O–H groups in total. The maximum Gasteiger partial charge on any atom is 0.137 e. The van der Waals surface area contributed by atoms with Crippen LogP contribution in [-0.2, 0) is 4.79 Å². The number of hydrogen-bond donors (Lipinski definition) is 0. The van der Waals surface area contributed by atoms with Gasteiger partial charge in [0.15, 0.2) is 0 Å². The van der Waals surface area contributed by atoms with Crippen molar-refractivity contribution in [2.24, 2.45) is 0 Å². The SMILES string of the molecule is Cc1cc(F)c(Br)c(C(C)CC=O)c1. The van der Waals surface area contributed by atoms with E-state index in [2.05, 4.69) is 15.9 Å². The Hall–Kier alpha value is -0.700. The van der Waals surface area contributed by atoms with Crippen LogP contribution in [0.2, 0.25) is 0 Å². The lowest BCUT2D eigenvalue weighted by Gasteiger charge is -2.12. The zero-order valence-corrected chi connectivity index (χ0v) is 9.77. The van der Waals surface area contributed by atoms with Gasteiger partial charge in [0.2, 0.25) is 0 Å². The third-order valence-electron chi connectivity index (χ3n) is 2.18. The number of benzene rings is 1. The highest BCUT2D eigenvalue weighted by molar-refractivity contribution is 9.10. The summed E-state index contributed by atoms with van der Waals surface area (Å²) < 4.78 is 13.8. The molecule has 1 nitrogen and oxygen atoms in total. The van der Waals surface area contributed by atoms with Gasteiger partial charge in [-0.3, -0.25) is 0 Å². The van der Waals surface area contributed by atoms with Crippen molar-refractivity contribution in [2.75, 3.05) is 0 Å². The van der Waals surface area contributed by atoms with Crippen LogP contribution in [0.5, 0.6) is 0 Å². The van der Waals surface area contributed by atoms with E-state index in [9.17, 15) is 9.18 Å². The van der Waals surface area contributed by atoms with Gasteiger partial charge in [-0.05, 0) is 46.0 Å². The van der Waals surface area contributed by atoms with Crippen molar-refractivity contribution in [2.45, 2.75) is 26.2 Å². The summed E-state index contributed by atoms with van der Waals surface area (Å²) in [7, 11) is 0. The van der Waals surface area contributed by atoms with E-state index in [0.29, 0.717) is 10.9 Å². The molecule has 3 heteroatoms. The largest absolute Gasteiger partial charge is 0.303 e. The molecular weight excluding hydrogens is 247 g/mol. The predicted molar refractivity (Wildman–Crippen MR) is 57.9 cm³/mol. The molecular formula is C11H12BrFO. The van der Waals surface area contributed by atoms with Crippen LogP contribution in [-0.4, -0.2) is 6.29 Å². The van der Waals surface area contributed by atoms with Crippen LogP contribution in [0.4, 0.5) is 4.39 Å². The Kier molecular flexibility index (Phi) is 3.81. The van der Waals surface area contributed by atoms with Gasteiger partial charge in [0.1, 0.15) is 12.1 Å². The molecule has 1 rings (SSSR count). The second-order valence-corrected chi connectivity index (χ2v) is 4.25. The van der Waals surface area contributed by atoms with Crippen LogP contribution in [0, 0.1) is 12.7 Å². The lowest BCUT2D eigenvalue weighted by atomic mass is 9.97. The summed E-state index contributed by atoms with van der Waals surface area (Å²) in [5, 5.41) is 0. The molecule has 0 bridgehead atoms. The molecule has 0 saturated heterocycles. The molecule has 0 fully saturated rings. The quantitative estimate of drug-likeness (QED) is 0.758. The van der Waals surface area contributed by atoms with Crippen molar-refractivity contribution in [3.05, 3.63) is 33.5 Å². The standard InChI is InChI=1S/C11H12BrFO/c1-7-5-9(8(2)3-4-14)11(12)10(13)6-7/h4-6,8H,3H2,1-2H3. The zero-order valence-electron chi connectivity index (χ0n) is 8.18. The molecule has 0 aliphatic carbocycles. The van der Waals surface area contributed by atoms with E-state index in [1.807, 2.05) is 19.9 Å². The molecule has 0 aromatic heterocycles. The minimum Gasteiger partial charge on any atom is -0.303 e. The second-order valence-electron chi connectivity index (χ2n) is 3.45. The minimum absolute atomic E-state index is 0.0521. The first-order valence-corrected chi connectivity index (χ1v) is 5.24. The van der Waals surface area contributed by atoms with Gasteiger partial charge in [-0.1, -0.05) is 13.0 Å². The highest BCUT2D eigenvalue weighted by atomic mass is 79.9. The molecule has 1 aromatic rings. The van der Waals surface area contributed by atoms with Crippen LogP contribution in [0.25, 0.3) is 0 Å². The molecule has 0 saturated carbocycles. The molecule has 1 unspecified atom stereocenters. The van der Waals surface area contributed by atoms with Crippen LogP contribution in [0.3, 0.4) is 0 Å². The molecule has 0 heterocycles. The molecule has 14 heavy (non-hydrogen) atoms. The third-order valence-corrected chi connectivity index (χ3v) is 3.02. The fourth-order valence-corrected chi connectivity index (χ4v) is 2.00. The number of aryl methyl sites for hydroxylation is 1. The molecule has 0 aliphatic rings. The van der Waals surface area contributed by atoms with Gasteiger partial charge in [-0.15, -0.1) is 0 Å². The average molecular weight is 259 g/mol. The number of carbonyl (C=O) groups is 1. The molecule has 0 spiro atoms. The Balaban J connectivity index is 3.12. The van der Waals surface area contributed by atoms with Crippen molar-refractivity contribution in [1.29, 1.82) is 0 Å². The monoisotopic (exact) mass is 258 g/mol. The van der Waals surface area contributed by atoms with E-state index in [1.165, 1.54) is 6.07 Å². The van der Waals surface area contributed by atoms with Gasteiger partial charge in [-0.25, -0.2) is 4.39 Å². The van der Waals surface area contributed by atoms with E-state index < -0.39 is 0 Å². The second kappa shape index (κ2) is 4.69. The summed E-state index contributed by atoms with van der Waals surface area (Å²) in [6.45, 7) is 3.75. The van der Waals surface area contributed by atoms with E-state index in [0.717, 1.165) is 17.4 Å². The molecule has 0 radical (unpaired) electrons. The van der Waals surface area contributed by atoms with Crippen LogP contribution in [0.1, 0.15) is 30.4 Å². The van der Waals surface area contributed by atoms with E-state index in [4.69, 9.17) is 0 Å². The first-order valence-electron chi connectivity index (χ1n) is 4.45. The van der Waals surface area contributed by atoms with E-state index in [1.54, 1.807) is 0 Å². The molecule has 76 valence electrons. The Morgan fingerprint density at radius 3 is 2.79 bits per heavy atom. The zero-order chi connectivity index (χ0) is 10.7. The van der Waals surface area contributed by atoms with Crippen molar-refractivity contribution in [3.63, 3.8) is 0 Å². The van der Waals surface area contributed by atoms with Crippen molar-refractivity contribution >= 4 is 22.2 Å². The van der Waals surface area contributed by atoms with Gasteiger partial charge in [0.25, 0.3) is 0 Å². The van der Waals surface area contributed by atoms with Gasteiger partial charge in [0, 0.05) is 6.42 Å². The fraction of sp³-hybridized carbons (Fsp3) is 0.364. The van der Waals surface area contributed by atoms with Crippen LogP contribution in [0.15, 0.2) is 16.6 Å². The van der Waals surface area contributed by atoms with Crippen molar-refractivity contribution in [3.8, 4) is 0 Å². The Morgan fingerprint density at radius 2 is 2.21 bits per heavy atom. The fourth-order valence-electron chi connectivity index (χ4n) is 1.38. The summed E-state index contributed by atoms with van der Waals surface area (Å²) in [6, 6.07) is 3.38. The number of hydrogen-bond acceptors (Lipinski definition) is 1. The minimum atomic E-state index is -0.266. The topological polar surface area (TPSA) is 17.1 Å². The third kappa shape index (κ3) is 2.41. The summed E-state index contributed by atoms with van der Waals surface area (Å²) in [5.74, 6) is -0.214. The Labute approximate surface area is 91.5 Å². The molecule has 1 atom stereocenters. The number of aldehydes is 1. The summed E-state index contributed by atoms with van der Waals surface area (Å²) in [5.41, 5.74) is 1.73. The van der Waals surface area contributed by atoms with Gasteiger partial charge >= 0.3 is 0 Å². The van der Waals surface area contributed by atoms with Gasteiger partial charge in [-0.2, -0.15) is 0 Å². The van der Waals surface area contributed by atoms with Crippen LogP contribution >= 0.6 is 15.9 Å². The van der Waals surface area contributed by atoms with E-state index in [-0.39, 0.29) is 11.7 Å². The number of rotatable bonds is 3. The maximum absolute atomic E-state index is 13.3. The summed E-state index contributed by atoms with van der Waals surface area (Å²) >= 11 is 3.19. The highest BCUT2D eigenvalue weighted by Crippen LogP contribution is 2.29. The molecule has 0 amide bonds. The predicted octanol–water partition coefficient (Wildman–Crippen LogP) is 3.59. The average Bonchev–Trinajstić information content (AvgIpc) is 2.11. The van der Waals surface area contributed by atoms with Gasteiger partial charge < -0.3 is 4.79 Å².